The predicted molar refractivity (Wildman–Crippen MR) is 127 cm³/mol. The van der Waals surface area contributed by atoms with E-state index in [4.69, 9.17) is 0 Å². The molecule has 0 unspecified atom stereocenters. The summed E-state index contributed by atoms with van der Waals surface area (Å²) < 4.78 is 4.63. The van der Waals surface area contributed by atoms with Crippen molar-refractivity contribution in [2.24, 2.45) is 11.8 Å². The number of ether oxygens (including phenoxy) is 1. The zero-order chi connectivity index (χ0) is 21.1. The molecule has 5 heteroatoms. The second-order valence-electron chi connectivity index (χ2n) is 8.34. The first-order valence-corrected chi connectivity index (χ1v) is 10.8. The Morgan fingerprint density at radius 1 is 1.20 bits per heavy atom. The predicted octanol–water partition coefficient (Wildman–Crippen LogP) is 4.72. The van der Waals surface area contributed by atoms with E-state index in [0.717, 1.165) is 32.1 Å². The van der Waals surface area contributed by atoms with Crippen molar-refractivity contribution < 1.29 is 19.7 Å². The molecule has 0 aromatic heterocycles. The third-order valence-corrected chi connectivity index (χ3v) is 5.88. The SMILES string of the molecule is COC(=O)CC/C=C\CC[C@H]1[C@@H](O)CC[C@@H]1/C=C/[C@](C)(O)CCc1ccccc1.S. The second kappa shape index (κ2) is 13.7. The minimum Gasteiger partial charge on any atom is -0.469 e. The lowest BCUT2D eigenvalue weighted by Crippen LogP contribution is -2.23. The topological polar surface area (TPSA) is 66.8 Å². The molecule has 2 rings (SSSR count). The quantitative estimate of drug-likeness (QED) is 0.391. The van der Waals surface area contributed by atoms with E-state index in [-0.39, 0.29) is 31.5 Å². The Balaban J connectivity index is 0.00000450. The lowest BCUT2D eigenvalue weighted by atomic mass is 9.87. The molecule has 1 saturated carbocycles. The van der Waals surface area contributed by atoms with Crippen molar-refractivity contribution in [1.29, 1.82) is 0 Å². The molecule has 1 aliphatic carbocycles. The lowest BCUT2D eigenvalue weighted by Gasteiger charge is -2.22. The summed E-state index contributed by atoms with van der Waals surface area (Å²) in [6, 6.07) is 10.2. The summed E-state index contributed by atoms with van der Waals surface area (Å²) in [5.74, 6) is 0.337. The Labute approximate surface area is 188 Å². The third-order valence-electron chi connectivity index (χ3n) is 5.88. The number of aryl methyl sites for hydroxylation is 1. The number of aliphatic hydroxyl groups excluding tert-OH is 1. The van der Waals surface area contributed by atoms with E-state index in [1.807, 2.05) is 37.3 Å². The van der Waals surface area contributed by atoms with E-state index in [0.29, 0.717) is 25.2 Å². The third kappa shape index (κ3) is 9.50. The molecule has 168 valence electrons. The van der Waals surface area contributed by atoms with E-state index in [9.17, 15) is 15.0 Å². The van der Waals surface area contributed by atoms with Crippen LogP contribution in [-0.2, 0) is 16.0 Å². The summed E-state index contributed by atoms with van der Waals surface area (Å²) in [6.45, 7) is 1.86. The highest BCUT2D eigenvalue weighted by Crippen LogP contribution is 2.37. The molecule has 0 aliphatic heterocycles. The van der Waals surface area contributed by atoms with Crippen LogP contribution in [0.2, 0.25) is 0 Å². The van der Waals surface area contributed by atoms with Crippen molar-refractivity contribution in [3.05, 3.63) is 60.2 Å². The number of methoxy groups -OCH3 is 1. The standard InChI is InChI=1S/C25H36O4.H2S/c1-25(28,18-16-20-10-6-5-7-11-20)19-17-21-14-15-23(26)22(21)12-8-3-4-9-13-24(27)29-2;/h3-7,10-11,17,19,21-23,26,28H,8-9,12-16,18H2,1-2H3;1H2/b4-3-,19-17+;/t21-,22-,23+,25-;/m1./s1. The number of benzene rings is 1. The zero-order valence-electron chi connectivity index (χ0n) is 18.3. The molecule has 0 bridgehead atoms. The number of hydrogen-bond acceptors (Lipinski definition) is 4. The number of allylic oxidation sites excluding steroid dienone is 3. The number of aliphatic hydroxyl groups is 2. The van der Waals surface area contributed by atoms with Gasteiger partial charge in [-0.1, -0.05) is 54.6 Å². The van der Waals surface area contributed by atoms with Crippen molar-refractivity contribution in [2.45, 2.75) is 70.0 Å². The van der Waals surface area contributed by atoms with Gasteiger partial charge in [-0.3, -0.25) is 4.79 Å². The molecule has 0 amide bonds. The van der Waals surface area contributed by atoms with Gasteiger partial charge in [0.1, 0.15) is 0 Å². The van der Waals surface area contributed by atoms with E-state index in [1.165, 1.54) is 12.7 Å². The molecule has 1 aliphatic rings. The molecule has 0 heterocycles. The normalized spacial score (nSPS) is 23.4. The number of hydrogen-bond donors (Lipinski definition) is 2. The summed E-state index contributed by atoms with van der Waals surface area (Å²) in [5.41, 5.74) is 0.385. The van der Waals surface area contributed by atoms with Crippen molar-refractivity contribution in [3.8, 4) is 0 Å². The summed E-state index contributed by atoms with van der Waals surface area (Å²) >= 11 is 0. The largest absolute Gasteiger partial charge is 0.469 e. The van der Waals surface area contributed by atoms with Crippen LogP contribution in [0.5, 0.6) is 0 Å². The number of esters is 1. The molecule has 2 N–H and O–H groups in total. The van der Waals surface area contributed by atoms with Gasteiger partial charge in [-0.15, -0.1) is 0 Å². The van der Waals surface area contributed by atoms with Crippen LogP contribution in [0.3, 0.4) is 0 Å². The molecular formula is C25H38O4S. The van der Waals surface area contributed by atoms with Gasteiger partial charge in [-0.05, 0) is 69.3 Å². The minimum absolute atomic E-state index is 0. The highest BCUT2D eigenvalue weighted by Gasteiger charge is 2.33. The van der Waals surface area contributed by atoms with Crippen LogP contribution in [0.25, 0.3) is 0 Å². The Kier molecular flexibility index (Phi) is 12.1. The van der Waals surface area contributed by atoms with Gasteiger partial charge in [0.05, 0.1) is 18.8 Å². The molecule has 4 nitrogen and oxygen atoms in total. The summed E-state index contributed by atoms with van der Waals surface area (Å²) in [5, 5.41) is 21.1. The first-order chi connectivity index (χ1) is 13.9. The Morgan fingerprint density at radius 3 is 2.60 bits per heavy atom. The van der Waals surface area contributed by atoms with Crippen molar-refractivity contribution >= 4 is 19.5 Å². The number of carbonyl (C=O) groups excluding carboxylic acids is 1. The van der Waals surface area contributed by atoms with Gasteiger partial charge < -0.3 is 14.9 Å². The lowest BCUT2D eigenvalue weighted by molar-refractivity contribution is -0.140. The van der Waals surface area contributed by atoms with Crippen LogP contribution in [0.1, 0.15) is 57.4 Å². The van der Waals surface area contributed by atoms with Crippen molar-refractivity contribution in [1.82, 2.24) is 0 Å². The van der Waals surface area contributed by atoms with Crippen LogP contribution in [0, 0.1) is 11.8 Å². The second-order valence-corrected chi connectivity index (χ2v) is 8.34. The molecule has 1 fully saturated rings. The fourth-order valence-corrected chi connectivity index (χ4v) is 4.01. The van der Waals surface area contributed by atoms with E-state index < -0.39 is 5.60 Å². The highest BCUT2D eigenvalue weighted by molar-refractivity contribution is 7.59. The zero-order valence-corrected chi connectivity index (χ0v) is 19.3. The molecule has 1 aromatic carbocycles. The van der Waals surface area contributed by atoms with E-state index >= 15 is 0 Å². The van der Waals surface area contributed by atoms with Gasteiger partial charge in [0.15, 0.2) is 0 Å². The maximum absolute atomic E-state index is 11.1. The molecule has 0 radical (unpaired) electrons. The van der Waals surface area contributed by atoms with Crippen LogP contribution in [0.15, 0.2) is 54.6 Å². The van der Waals surface area contributed by atoms with Gasteiger partial charge >= 0.3 is 5.97 Å². The molecule has 0 saturated heterocycles. The fourth-order valence-electron chi connectivity index (χ4n) is 4.01. The highest BCUT2D eigenvalue weighted by atomic mass is 32.1. The summed E-state index contributed by atoms with van der Waals surface area (Å²) in [6.07, 6.45) is 14.1. The number of rotatable bonds is 11. The molecule has 0 spiro atoms. The Bertz CT molecular complexity index is 669. The first kappa shape index (κ1) is 26.5. The summed E-state index contributed by atoms with van der Waals surface area (Å²) in [7, 11) is 1.40. The monoisotopic (exact) mass is 434 g/mol. The van der Waals surface area contributed by atoms with Gasteiger partial charge in [-0.25, -0.2) is 0 Å². The van der Waals surface area contributed by atoms with Gasteiger partial charge in [0, 0.05) is 6.42 Å². The average Bonchev–Trinajstić information content (AvgIpc) is 3.08. The van der Waals surface area contributed by atoms with Crippen LogP contribution < -0.4 is 0 Å². The van der Waals surface area contributed by atoms with Gasteiger partial charge in [-0.2, -0.15) is 13.5 Å². The van der Waals surface area contributed by atoms with Gasteiger partial charge in [0.25, 0.3) is 0 Å². The fraction of sp³-hybridized carbons (Fsp3) is 0.560. The average molecular weight is 435 g/mol. The molecule has 1 aromatic rings. The number of carbonyl (C=O) groups is 1. The molecule has 30 heavy (non-hydrogen) atoms. The maximum atomic E-state index is 11.1. The van der Waals surface area contributed by atoms with Crippen LogP contribution in [-0.4, -0.2) is 35.0 Å². The Morgan fingerprint density at radius 2 is 1.90 bits per heavy atom. The van der Waals surface area contributed by atoms with Crippen LogP contribution in [0.4, 0.5) is 0 Å². The van der Waals surface area contributed by atoms with Gasteiger partial charge in [0.2, 0.25) is 0 Å². The maximum Gasteiger partial charge on any atom is 0.305 e. The Hall–Kier alpha value is -1.56. The van der Waals surface area contributed by atoms with Crippen molar-refractivity contribution in [3.63, 3.8) is 0 Å². The first-order valence-electron chi connectivity index (χ1n) is 10.8. The molecule has 4 atom stereocenters. The minimum atomic E-state index is -0.846. The van der Waals surface area contributed by atoms with Crippen molar-refractivity contribution in [2.75, 3.05) is 7.11 Å². The smallest absolute Gasteiger partial charge is 0.305 e. The van der Waals surface area contributed by atoms with E-state index in [1.54, 1.807) is 0 Å². The van der Waals surface area contributed by atoms with Crippen LogP contribution >= 0.6 is 13.5 Å². The molecular weight excluding hydrogens is 396 g/mol. The van der Waals surface area contributed by atoms with E-state index in [2.05, 4.69) is 29.0 Å². The summed E-state index contributed by atoms with van der Waals surface area (Å²) in [4.78, 5) is 11.1.